The molecule has 0 saturated carbocycles. The highest BCUT2D eigenvalue weighted by atomic mass is 32.2. The molecule has 0 unspecified atom stereocenters. The van der Waals surface area contributed by atoms with Gasteiger partial charge in [-0.1, -0.05) is 44.7 Å². The van der Waals surface area contributed by atoms with Crippen LogP contribution in [0.15, 0.2) is 41.7 Å². The standard InChI is InChI=1S/C16H20N2OS/c1-16(2,3)12-5-7-14(8-6-12)19-11-13-9-10-17-15(18-13)20-4/h5-10H,11H2,1-4H3. The Kier molecular flexibility index (Phi) is 4.65. The van der Waals surface area contributed by atoms with Crippen molar-refractivity contribution in [1.29, 1.82) is 0 Å². The third kappa shape index (κ3) is 3.97. The number of hydrogen-bond acceptors (Lipinski definition) is 4. The van der Waals surface area contributed by atoms with Gasteiger partial charge < -0.3 is 4.74 Å². The third-order valence-corrected chi connectivity index (χ3v) is 3.54. The first-order valence-corrected chi connectivity index (χ1v) is 7.81. The molecule has 2 aromatic rings. The van der Waals surface area contributed by atoms with Crippen molar-refractivity contribution in [2.75, 3.05) is 6.26 Å². The van der Waals surface area contributed by atoms with E-state index >= 15 is 0 Å². The molecule has 0 N–H and O–H groups in total. The van der Waals surface area contributed by atoms with Gasteiger partial charge in [-0.3, -0.25) is 0 Å². The van der Waals surface area contributed by atoms with Crippen LogP contribution in [0.3, 0.4) is 0 Å². The molecule has 0 radical (unpaired) electrons. The van der Waals surface area contributed by atoms with Crippen molar-refractivity contribution < 1.29 is 4.74 Å². The summed E-state index contributed by atoms with van der Waals surface area (Å²) in [5.41, 5.74) is 2.36. The smallest absolute Gasteiger partial charge is 0.187 e. The second kappa shape index (κ2) is 6.27. The topological polar surface area (TPSA) is 35.0 Å². The van der Waals surface area contributed by atoms with Crippen LogP contribution in [0, 0.1) is 0 Å². The van der Waals surface area contributed by atoms with Gasteiger partial charge in [0.1, 0.15) is 12.4 Å². The molecule has 106 valence electrons. The van der Waals surface area contributed by atoms with E-state index in [4.69, 9.17) is 4.74 Å². The minimum absolute atomic E-state index is 0.165. The first-order chi connectivity index (χ1) is 9.49. The Balaban J connectivity index is 2.00. The van der Waals surface area contributed by atoms with Crippen LogP contribution in [0.2, 0.25) is 0 Å². The Labute approximate surface area is 124 Å². The molecular formula is C16H20N2OS. The predicted molar refractivity (Wildman–Crippen MR) is 83.3 cm³/mol. The van der Waals surface area contributed by atoms with E-state index in [0.717, 1.165) is 16.6 Å². The monoisotopic (exact) mass is 288 g/mol. The molecule has 0 aliphatic rings. The highest BCUT2D eigenvalue weighted by Gasteiger charge is 2.12. The minimum atomic E-state index is 0.165. The molecule has 0 atom stereocenters. The third-order valence-electron chi connectivity index (χ3n) is 2.98. The molecule has 0 fully saturated rings. The average Bonchev–Trinajstić information content (AvgIpc) is 2.45. The van der Waals surface area contributed by atoms with Crippen LogP contribution in [0.4, 0.5) is 0 Å². The minimum Gasteiger partial charge on any atom is -0.487 e. The number of ether oxygens (including phenoxy) is 1. The van der Waals surface area contributed by atoms with Crippen molar-refractivity contribution >= 4 is 11.8 Å². The zero-order valence-electron chi connectivity index (χ0n) is 12.4. The summed E-state index contributed by atoms with van der Waals surface area (Å²) in [6.45, 7) is 7.07. The molecule has 2 rings (SSSR count). The maximum Gasteiger partial charge on any atom is 0.187 e. The van der Waals surface area contributed by atoms with Crippen LogP contribution in [-0.2, 0) is 12.0 Å². The van der Waals surface area contributed by atoms with Gasteiger partial charge in [-0.15, -0.1) is 0 Å². The van der Waals surface area contributed by atoms with Crippen molar-refractivity contribution in [2.45, 2.75) is 37.9 Å². The Morgan fingerprint density at radius 2 is 1.80 bits per heavy atom. The Bertz CT molecular complexity index is 561. The van der Waals surface area contributed by atoms with E-state index in [-0.39, 0.29) is 5.41 Å². The molecule has 1 aromatic carbocycles. The lowest BCUT2D eigenvalue weighted by Crippen LogP contribution is -2.10. The molecule has 3 nitrogen and oxygen atoms in total. The van der Waals surface area contributed by atoms with Gasteiger partial charge in [-0.2, -0.15) is 0 Å². The van der Waals surface area contributed by atoms with Crippen LogP contribution in [0.1, 0.15) is 32.0 Å². The molecule has 0 spiro atoms. The van der Waals surface area contributed by atoms with Crippen LogP contribution in [0.5, 0.6) is 5.75 Å². The van der Waals surface area contributed by atoms with Gasteiger partial charge in [0.05, 0.1) is 5.69 Å². The second-order valence-electron chi connectivity index (χ2n) is 5.60. The largest absolute Gasteiger partial charge is 0.487 e. The maximum absolute atomic E-state index is 5.76. The average molecular weight is 288 g/mol. The number of hydrogen-bond donors (Lipinski definition) is 0. The fourth-order valence-electron chi connectivity index (χ4n) is 1.76. The first kappa shape index (κ1) is 14.9. The van der Waals surface area contributed by atoms with Gasteiger partial charge in [0.2, 0.25) is 0 Å². The van der Waals surface area contributed by atoms with E-state index in [1.165, 1.54) is 17.3 Å². The van der Waals surface area contributed by atoms with E-state index in [1.807, 2.05) is 24.5 Å². The summed E-state index contributed by atoms with van der Waals surface area (Å²) in [6, 6.07) is 10.1. The molecule has 1 heterocycles. The number of aromatic nitrogens is 2. The molecule has 4 heteroatoms. The lowest BCUT2D eigenvalue weighted by atomic mass is 9.87. The molecular weight excluding hydrogens is 268 g/mol. The van der Waals surface area contributed by atoms with Crippen molar-refractivity contribution in [2.24, 2.45) is 0 Å². The Hall–Kier alpha value is -1.55. The van der Waals surface area contributed by atoms with E-state index in [1.54, 1.807) is 6.20 Å². The van der Waals surface area contributed by atoms with Crippen molar-refractivity contribution in [3.63, 3.8) is 0 Å². The number of nitrogens with zero attached hydrogens (tertiary/aromatic N) is 2. The van der Waals surface area contributed by atoms with Crippen LogP contribution in [-0.4, -0.2) is 16.2 Å². The van der Waals surface area contributed by atoms with E-state index < -0.39 is 0 Å². The van der Waals surface area contributed by atoms with Gasteiger partial charge in [0.25, 0.3) is 0 Å². The zero-order valence-corrected chi connectivity index (χ0v) is 13.2. The Morgan fingerprint density at radius 1 is 1.10 bits per heavy atom. The highest BCUT2D eigenvalue weighted by molar-refractivity contribution is 7.98. The molecule has 0 aliphatic carbocycles. The van der Waals surface area contributed by atoms with Gasteiger partial charge in [0, 0.05) is 6.20 Å². The van der Waals surface area contributed by atoms with E-state index in [0.29, 0.717) is 6.61 Å². The first-order valence-electron chi connectivity index (χ1n) is 6.58. The summed E-state index contributed by atoms with van der Waals surface area (Å²) in [5, 5.41) is 0.772. The molecule has 0 bridgehead atoms. The normalized spacial score (nSPS) is 11.4. The van der Waals surface area contributed by atoms with Gasteiger partial charge in [-0.25, -0.2) is 9.97 Å². The van der Waals surface area contributed by atoms with Crippen LogP contribution >= 0.6 is 11.8 Å². The summed E-state index contributed by atoms with van der Waals surface area (Å²) in [6.07, 6.45) is 3.73. The lowest BCUT2D eigenvalue weighted by Gasteiger charge is -2.19. The molecule has 0 amide bonds. The SMILES string of the molecule is CSc1nccc(COc2ccc(C(C)(C)C)cc2)n1. The van der Waals surface area contributed by atoms with Gasteiger partial charge in [-0.05, 0) is 35.4 Å². The quantitative estimate of drug-likeness (QED) is 0.627. The van der Waals surface area contributed by atoms with Crippen LogP contribution < -0.4 is 4.74 Å². The van der Waals surface area contributed by atoms with E-state index in [2.05, 4.69) is 42.9 Å². The fourth-order valence-corrected chi connectivity index (χ4v) is 2.14. The maximum atomic E-state index is 5.76. The van der Waals surface area contributed by atoms with Crippen molar-refractivity contribution in [3.8, 4) is 5.75 Å². The van der Waals surface area contributed by atoms with Gasteiger partial charge in [0.15, 0.2) is 5.16 Å². The summed E-state index contributed by atoms with van der Waals surface area (Å²) in [4.78, 5) is 8.54. The number of rotatable bonds is 4. The summed E-state index contributed by atoms with van der Waals surface area (Å²) < 4.78 is 5.76. The summed E-state index contributed by atoms with van der Waals surface area (Å²) in [5.74, 6) is 0.863. The van der Waals surface area contributed by atoms with Crippen molar-refractivity contribution in [3.05, 3.63) is 47.8 Å². The molecule has 20 heavy (non-hydrogen) atoms. The summed E-state index contributed by atoms with van der Waals surface area (Å²) in [7, 11) is 0. The molecule has 1 aromatic heterocycles. The number of thioether (sulfide) groups is 1. The highest BCUT2D eigenvalue weighted by Crippen LogP contribution is 2.24. The fraction of sp³-hybridized carbons (Fsp3) is 0.375. The second-order valence-corrected chi connectivity index (χ2v) is 6.37. The van der Waals surface area contributed by atoms with E-state index in [9.17, 15) is 0 Å². The molecule has 0 aliphatic heterocycles. The van der Waals surface area contributed by atoms with Crippen LogP contribution in [0.25, 0.3) is 0 Å². The van der Waals surface area contributed by atoms with Crippen molar-refractivity contribution in [1.82, 2.24) is 9.97 Å². The summed E-state index contributed by atoms with van der Waals surface area (Å²) >= 11 is 1.53. The molecule has 0 saturated heterocycles. The number of benzene rings is 1. The van der Waals surface area contributed by atoms with Gasteiger partial charge >= 0.3 is 0 Å². The Morgan fingerprint density at radius 3 is 2.40 bits per heavy atom. The lowest BCUT2D eigenvalue weighted by molar-refractivity contribution is 0.299. The zero-order chi connectivity index (χ0) is 14.6. The predicted octanol–water partition coefficient (Wildman–Crippen LogP) is 4.08.